The summed E-state index contributed by atoms with van der Waals surface area (Å²) in [5, 5.41) is 1.61. The van der Waals surface area contributed by atoms with Gasteiger partial charge in [-0.2, -0.15) is 0 Å². The van der Waals surface area contributed by atoms with Gasteiger partial charge in [-0.3, -0.25) is 0 Å². The van der Waals surface area contributed by atoms with E-state index in [9.17, 15) is 0 Å². The molecule has 184 valence electrons. The van der Waals surface area contributed by atoms with Gasteiger partial charge in [0, 0.05) is 47.7 Å². The first-order valence-corrected chi connectivity index (χ1v) is 13.3. The van der Waals surface area contributed by atoms with Crippen LogP contribution in [0.25, 0.3) is 0 Å². The molecular weight excluding hydrogens is 471 g/mol. The summed E-state index contributed by atoms with van der Waals surface area (Å²) in [7, 11) is 1.73. The van der Waals surface area contributed by atoms with E-state index in [1.165, 1.54) is 44.3 Å². The number of methoxy groups -OCH3 is 1. The molecule has 0 atom stereocenters. The van der Waals surface area contributed by atoms with Crippen LogP contribution in [-0.4, -0.2) is 57.4 Å². The monoisotopic (exact) mass is 504 g/mol. The van der Waals surface area contributed by atoms with Crippen molar-refractivity contribution >= 4 is 28.9 Å². The van der Waals surface area contributed by atoms with E-state index in [2.05, 4.69) is 15.9 Å². The normalized spacial score (nSPS) is 20.3. The van der Waals surface area contributed by atoms with E-state index in [4.69, 9.17) is 37.4 Å². The summed E-state index contributed by atoms with van der Waals surface area (Å²) in [5.74, 6) is 3.16. The van der Waals surface area contributed by atoms with Crippen molar-refractivity contribution in [2.75, 3.05) is 51.4 Å². The summed E-state index contributed by atoms with van der Waals surface area (Å²) >= 11 is 12.6. The number of likely N-dealkylation sites (tertiary alicyclic amines) is 1. The second-order valence-corrected chi connectivity index (χ2v) is 10.5. The zero-order valence-corrected chi connectivity index (χ0v) is 21.4. The summed E-state index contributed by atoms with van der Waals surface area (Å²) in [6.45, 7) is 5.77. The molecule has 7 heteroatoms. The summed E-state index contributed by atoms with van der Waals surface area (Å²) in [6, 6.07) is 10.5. The van der Waals surface area contributed by atoms with Gasteiger partial charge in [0.2, 0.25) is 0 Å². The number of fused-ring (bicyclic) bond motifs is 1. The van der Waals surface area contributed by atoms with Crippen molar-refractivity contribution in [2.24, 2.45) is 5.92 Å². The van der Waals surface area contributed by atoms with Crippen LogP contribution in [0.4, 0.5) is 5.69 Å². The van der Waals surface area contributed by atoms with Crippen LogP contribution in [0.5, 0.6) is 17.2 Å². The second kappa shape index (κ2) is 10.8. The van der Waals surface area contributed by atoms with Gasteiger partial charge in [-0.25, -0.2) is 0 Å². The minimum atomic E-state index is 0.651. The molecule has 0 N–H and O–H groups in total. The molecule has 0 unspecified atom stereocenters. The molecule has 3 aliphatic rings. The van der Waals surface area contributed by atoms with E-state index in [0.29, 0.717) is 25.2 Å². The summed E-state index contributed by atoms with van der Waals surface area (Å²) in [5.41, 5.74) is 2.30. The molecule has 0 aliphatic carbocycles. The lowest BCUT2D eigenvalue weighted by Gasteiger charge is -2.42. The molecular formula is C27H34Cl2N2O3. The Hall–Kier alpha value is -1.82. The number of benzene rings is 2. The van der Waals surface area contributed by atoms with Crippen LogP contribution >= 0.6 is 23.2 Å². The summed E-state index contributed by atoms with van der Waals surface area (Å²) < 4.78 is 17.5. The molecule has 5 rings (SSSR count). The van der Waals surface area contributed by atoms with Crippen molar-refractivity contribution in [2.45, 2.75) is 44.6 Å². The van der Waals surface area contributed by atoms with E-state index in [0.717, 1.165) is 58.9 Å². The number of piperidine rings is 2. The highest BCUT2D eigenvalue weighted by molar-refractivity contribution is 6.33. The number of anilines is 1. The molecule has 0 radical (unpaired) electrons. The van der Waals surface area contributed by atoms with E-state index in [1.54, 1.807) is 7.11 Å². The van der Waals surface area contributed by atoms with E-state index in [-0.39, 0.29) is 0 Å². The molecule has 2 aromatic rings. The molecule has 0 spiro atoms. The maximum Gasteiger partial charge on any atom is 0.165 e. The van der Waals surface area contributed by atoms with Crippen molar-refractivity contribution in [3.63, 3.8) is 0 Å². The standard InChI is InChI=1S/C27H34Cl2N2O3/c1-32-25-18-27-26(33-13-2-14-34-27)17-24(25)31-11-7-22(8-12-31)30-9-5-19(6-10-30)15-20-16-21(28)3-4-23(20)29/h3-4,16-19,22H,2,5-15H2,1H3. The van der Waals surface area contributed by atoms with Gasteiger partial charge in [0.1, 0.15) is 5.75 Å². The third-order valence-corrected chi connectivity index (χ3v) is 8.14. The molecule has 0 amide bonds. The predicted octanol–water partition coefficient (Wildman–Crippen LogP) is 6.09. The third kappa shape index (κ3) is 5.37. The molecule has 2 fully saturated rings. The third-order valence-electron chi connectivity index (χ3n) is 7.54. The molecule has 2 aromatic carbocycles. The van der Waals surface area contributed by atoms with E-state index >= 15 is 0 Å². The molecule has 34 heavy (non-hydrogen) atoms. The smallest absolute Gasteiger partial charge is 0.165 e. The summed E-state index contributed by atoms with van der Waals surface area (Å²) in [6.07, 6.45) is 6.71. The Morgan fingerprint density at radius 1 is 0.912 bits per heavy atom. The molecule has 3 aliphatic heterocycles. The largest absolute Gasteiger partial charge is 0.494 e. The van der Waals surface area contributed by atoms with Crippen LogP contribution in [-0.2, 0) is 6.42 Å². The van der Waals surface area contributed by atoms with Crippen LogP contribution in [0.15, 0.2) is 30.3 Å². The molecule has 5 nitrogen and oxygen atoms in total. The van der Waals surface area contributed by atoms with Crippen LogP contribution < -0.4 is 19.1 Å². The maximum absolute atomic E-state index is 6.40. The fourth-order valence-corrected chi connectivity index (χ4v) is 5.98. The number of hydrogen-bond acceptors (Lipinski definition) is 5. The zero-order valence-electron chi connectivity index (χ0n) is 19.9. The highest BCUT2D eigenvalue weighted by Gasteiger charge is 2.30. The second-order valence-electron chi connectivity index (χ2n) is 9.66. The average molecular weight is 505 g/mol. The van der Waals surface area contributed by atoms with Crippen molar-refractivity contribution in [1.29, 1.82) is 0 Å². The van der Waals surface area contributed by atoms with Crippen LogP contribution in [0.1, 0.15) is 37.7 Å². The highest BCUT2D eigenvalue weighted by Crippen LogP contribution is 2.42. The topological polar surface area (TPSA) is 34.2 Å². The zero-order chi connectivity index (χ0) is 23.5. The Morgan fingerprint density at radius 2 is 1.62 bits per heavy atom. The van der Waals surface area contributed by atoms with Crippen LogP contribution in [0, 0.1) is 5.92 Å². The summed E-state index contributed by atoms with van der Waals surface area (Å²) in [4.78, 5) is 5.15. The van der Waals surface area contributed by atoms with Crippen molar-refractivity contribution in [3.05, 3.63) is 45.9 Å². The first-order chi connectivity index (χ1) is 16.6. The number of halogens is 2. The quantitative estimate of drug-likeness (QED) is 0.492. The van der Waals surface area contributed by atoms with Crippen LogP contribution in [0.3, 0.4) is 0 Å². The Morgan fingerprint density at radius 3 is 2.32 bits per heavy atom. The van der Waals surface area contributed by atoms with Gasteiger partial charge < -0.3 is 24.0 Å². The highest BCUT2D eigenvalue weighted by atomic mass is 35.5. The lowest BCUT2D eigenvalue weighted by Crippen LogP contribution is -2.48. The lowest BCUT2D eigenvalue weighted by molar-refractivity contribution is 0.115. The first-order valence-electron chi connectivity index (χ1n) is 12.5. The van der Waals surface area contributed by atoms with Gasteiger partial charge in [0.25, 0.3) is 0 Å². The lowest BCUT2D eigenvalue weighted by atomic mass is 9.88. The van der Waals surface area contributed by atoms with Crippen molar-refractivity contribution in [3.8, 4) is 17.2 Å². The van der Waals surface area contributed by atoms with Crippen molar-refractivity contribution in [1.82, 2.24) is 4.90 Å². The SMILES string of the molecule is COc1cc2c(cc1N1CCC(N3CCC(Cc4cc(Cl)ccc4Cl)CC3)CC1)OCCCO2. The van der Waals surface area contributed by atoms with Gasteiger partial charge in [-0.1, -0.05) is 23.2 Å². The minimum absolute atomic E-state index is 0.651. The average Bonchev–Trinajstić information content (AvgIpc) is 3.11. The number of rotatable bonds is 5. The molecule has 0 aromatic heterocycles. The fraction of sp³-hybridized carbons (Fsp3) is 0.556. The van der Waals surface area contributed by atoms with E-state index in [1.807, 2.05) is 24.3 Å². The molecule has 3 heterocycles. The minimum Gasteiger partial charge on any atom is -0.494 e. The van der Waals surface area contributed by atoms with E-state index < -0.39 is 0 Å². The van der Waals surface area contributed by atoms with Crippen molar-refractivity contribution < 1.29 is 14.2 Å². The van der Waals surface area contributed by atoms with Crippen LogP contribution in [0.2, 0.25) is 10.0 Å². The van der Waals surface area contributed by atoms with Gasteiger partial charge in [-0.05, 0) is 74.9 Å². The Bertz CT molecular complexity index is 986. The molecule has 0 saturated carbocycles. The maximum atomic E-state index is 6.40. The molecule has 2 saturated heterocycles. The Kier molecular flexibility index (Phi) is 7.62. The Balaban J connectivity index is 1.16. The van der Waals surface area contributed by atoms with Gasteiger partial charge in [0.15, 0.2) is 11.5 Å². The Labute approximate surface area is 212 Å². The predicted molar refractivity (Wildman–Crippen MR) is 138 cm³/mol. The van der Waals surface area contributed by atoms with Gasteiger partial charge in [-0.15, -0.1) is 0 Å². The number of hydrogen-bond donors (Lipinski definition) is 0. The number of ether oxygens (including phenoxy) is 3. The van der Waals surface area contributed by atoms with Gasteiger partial charge in [0.05, 0.1) is 26.0 Å². The number of nitrogens with zero attached hydrogens (tertiary/aromatic N) is 2. The fourth-order valence-electron chi connectivity index (χ4n) is 5.59. The first kappa shape index (κ1) is 23.9. The van der Waals surface area contributed by atoms with Gasteiger partial charge >= 0.3 is 0 Å². The molecule has 0 bridgehead atoms.